The van der Waals surface area contributed by atoms with Crippen LogP contribution in [0.3, 0.4) is 0 Å². The summed E-state index contributed by atoms with van der Waals surface area (Å²) in [7, 11) is 1.52. The molecule has 0 amide bonds. The summed E-state index contributed by atoms with van der Waals surface area (Å²) in [5.74, 6) is -1.01. The summed E-state index contributed by atoms with van der Waals surface area (Å²) in [5, 5.41) is 26.4. The van der Waals surface area contributed by atoms with Gasteiger partial charge in [-0.05, 0) is 22.4 Å². The number of anilines is 2. The highest BCUT2D eigenvalue weighted by molar-refractivity contribution is 7.21. The summed E-state index contributed by atoms with van der Waals surface area (Å²) < 4.78 is 11.1. The van der Waals surface area contributed by atoms with Crippen LogP contribution in [0.2, 0.25) is 0 Å². The lowest BCUT2D eigenvalue weighted by molar-refractivity contribution is -0.672. The Morgan fingerprint density at radius 2 is 1.89 bits per heavy atom. The molecule has 5 rings (SSSR count). The lowest BCUT2D eigenvalue weighted by Crippen LogP contribution is -2.39. The van der Waals surface area contributed by atoms with E-state index in [0.717, 1.165) is 16.0 Å². The number of thiophene rings is 1. The van der Waals surface area contributed by atoms with Gasteiger partial charge in [0, 0.05) is 23.1 Å². The van der Waals surface area contributed by atoms with Gasteiger partial charge in [-0.2, -0.15) is 5.26 Å². The molecule has 0 aliphatic carbocycles. The van der Waals surface area contributed by atoms with Gasteiger partial charge >= 0.3 is 5.69 Å². The second-order valence-corrected chi connectivity index (χ2v) is 8.40. The second-order valence-electron chi connectivity index (χ2n) is 7.40. The number of nitriles is 1. The first-order chi connectivity index (χ1) is 16.9. The SMILES string of the molecule is COc1ccc(-[n+]2noc([O-])c2C(=O)c2sc3nc(N)c(C#N)c(-c4ccccc4)c3c2N)cc1. The van der Waals surface area contributed by atoms with E-state index in [-0.39, 0.29) is 27.6 Å². The zero-order valence-corrected chi connectivity index (χ0v) is 19.0. The molecule has 0 spiro atoms. The van der Waals surface area contributed by atoms with Crippen LogP contribution in [0.15, 0.2) is 59.1 Å². The zero-order valence-electron chi connectivity index (χ0n) is 18.2. The second kappa shape index (κ2) is 8.44. The number of nitrogens with zero attached hydrogens (tertiary/aromatic N) is 4. The number of carbonyl (C=O) groups is 1. The molecule has 5 aromatic rings. The molecule has 3 aromatic heterocycles. The molecule has 0 aliphatic rings. The Bertz CT molecular complexity index is 1640. The van der Waals surface area contributed by atoms with Crippen molar-refractivity contribution in [2.24, 2.45) is 0 Å². The molecule has 3 heterocycles. The van der Waals surface area contributed by atoms with E-state index in [4.69, 9.17) is 20.7 Å². The number of carbonyl (C=O) groups excluding carboxylic acids is 1. The Morgan fingerprint density at radius 1 is 1.17 bits per heavy atom. The quantitative estimate of drug-likeness (QED) is 0.281. The summed E-state index contributed by atoms with van der Waals surface area (Å²) in [5.41, 5.74) is 14.0. The molecule has 0 radical (unpaired) electrons. The average molecular weight is 484 g/mol. The summed E-state index contributed by atoms with van der Waals surface area (Å²) >= 11 is 0.974. The van der Waals surface area contributed by atoms with Gasteiger partial charge in [0.15, 0.2) is 5.95 Å². The van der Waals surface area contributed by atoms with Crippen LogP contribution in [0, 0.1) is 11.3 Å². The van der Waals surface area contributed by atoms with E-state index < -0.39 is 11.7 Å². The van der Waals surface area contributed by atoms with E-state index in [9.17, 15) is 15.2 Å². The maximum absolute atomic E-state index is 13.6. The molecule has 0 unspecified atom stereocenters. The van der Waals surface area contributed by atoms with E-state index >= 15 is 0 Å². The summed E-state index contributed by atoms with van der Waals surface area (Å²) in [6.07, 6.45) is 0. The highest BCUT2D eigenvalue weighted by Gasteiger charge is 2.33. The molecule has 11 heteroatoms. The number of aromatic nitrogens is 3. The minimum Gasteiger partial charge on any atom is -0.539 e. The number of hydrogen-bond acceptors (Lipinski definition) is 10. The lowest BCUT2D eigenvalue weighted by Gasteiger charge is -2.09. The molecule has 0 aliphatic heterocycles. The molecular weight excluding hydrogens is 468 g/mol. The Hall–Kier alpha value is -4.95. The molecule has 10 nitrogen and oxygen atoms in total. The first-order valence-electron chi connectivity index (χ1n) is 10.2. The molecular formula is C24H16N6O4S. The third-order valence-electron chi connectivity index (χ3n) is 5.43. The highest BCUT2D eigenvalue weighted by atomic mass is 32.1. The molecule has 0 saturated carbocycles. The fourth-order valence-electron chi connectivity index (χ4n) is 3.79. The molecule has 0 bridgehead atoms. The van der Waals surface area contributed by atoms with Gasteiger partial charge in [-0.15, -0.1) is 11.3 Å². The maximum Gasteiger partial charge on any atom is 0.312 e. The van der Waals surface area contributed by atoms with Crippen LogP contribution >= 0.6 is 11.3 Å². The van der Waals surface area contributed by atoms with Crippen LogP contribution in [-0.4, -0.2) is 23.1 Å². The number of rotatable bonds is 5. The Labute approximate surface area is 202 Å². The van der Waals surface area contributed by atoms with E-state index in [0.29, 0.717) is 32.8 Å². The lowest BCUT2D eigenvalue weighted by atomic mass is 9.97. The van der Waals surface area contributed by atoms with Crippen molar-refractivity contribution in [3.63, 3.8) is 0 Å². The molecule has 2 aromatic carbocycles. The predicted octanol–water partition coefficient (Wildman–Crippen LogP) is 2.58. The fourth-order valence-corrected chi connectivity index (χ4v) is 4.84. The van der Waals surface area contributed by atoms with E-state index in [1.807, 2.05) is 18.2 Å². The van der Waals surface area contributed by atoms with Gasteiger partial charge in [0.1, 0.15) is 32.9 Å². The summed E-state index contributed by atoms with van der Waals surface area (Å²) in [6.45, 7) is 0. The molecule has 0 saturated heterocycles. The maximum atomic E-state index is 13.6. The first-order valence-corrected chi connectivity index (χ1v) is 11.0. The van der Waals surface area contributed by atoms with Crippen molar-refractivity contribution in [2.45, 2.75) is 0 Å². The van der Waals surface area contributed by atoms with Crippen molar-refractivity contribution in [3.8, 4) is 34.6 Å². The van der Waals surface area contributed by atoms with Crippen molar-refractivity contribution >= 4 is 38.8 Å². The van der Waals surface area contributed by atoms with E-state index in [2.05, 4.69) is 16.3 Å². The van der Waals surface area contributed by atoms with Gasteiger partial charge in [0.2, 0.25) is 5.69 Å². The normalized spacial score (nSPS) is 10.9. The monoisotopic (exact) mass is 484 g/mol. The third-order valence-corrected chi connectivity index (χ3v) is 6.53. The number of nitrogens with two attached hydrogens (primary N) is 2. The van der Waals surface area contributed by atoms with Crippen LogP contribution < -0.4 is 26.0 Å². The molecule has 35 heavy (non-hydrogen) atoms. The van der Waals surface area contributed by atoms with Gasteiger partial charge < -0.3 is 25.8 Å². The topological polar surface area (TPSA) is 168 Å². The minimum atomic E-state index is -0.920. The van der Waals surface area contributed by atoms with Crippen LogP contribution in [0.1, 0.15) is 20.9 Å². The van der Waals surface area contributed by atoms with Crippen LogP contribution in [0.4, 0.5) is 11.5 Å². The number of methoxy groups -OCH3 is 1. The van der Waals surface area contributed by atoms with Crippen LogP contribution in [-0.2, 0) is 0 Å². The van der Waals surface area contributed by atoms with E-state index in [1.165, 1.54) is 7.11 Å². The number of benzene rings is 2. The number of hydrogen-bond donors (Lipinski definition) is 2. The van der Waals surface area contributed by atoms with Gasteiger partial charge in [0.05, 0.1) is 18.1 Å². The zero-order chi connectivity index (χ0) is 24.7. The number of nitrogen functional groups attached to an aromatic ring is 2. The fraction of sp³-hybridized carbons (Fsp3) is 0.0417. The van der Waals surface area contributed by atoms with Crippen molar-refractivity contribution in [3.05, 3.63) is 70.7 Å². The first kappa shape index (κ1) is 21.9. The standard InChI is InChI=1S/C24H16N6O4S/c1-33-14-9-7-13(8-10-14)30-19(24(32)34-29-30)20(31)21-18(26)17-16(12-5-3-2-4-6-12)15(11-25)22(27)28-23(17)35-21/h2-10H,1H3,(H4-,26,27,28,29,31,32). The molecule has 4 N–H and O–H groups in total. The number of fused-ring (bicyclic) bond motifs is 1. The number of ether oxygens (including phenoxy) is 1. The smallest absolute Gasteiger partial charge is 0.312 e. The van der Waals surface area contributed by atoms with Crippen molar-refractivity contribution in [1.82, 2.24) is 10.3 Å². The van der Waals surface area contributed by atoms with Gasteiger partial charge in [0.25, 0.3) is 5.78 Å². The van der Waals surface area contributed by atoms with Gasteiger partial charge in [-0.25, -0.2) is 4.98 Å². The highest BCUT2D eigenvalue weighted by Crippen LogP contribution is 2.43. The largest absolute Gasteiger partial charge is 0.539 e. The average Bonchev–Trinajstić information content (AvgIpc) is 3.43. The van der Waals surface area contributed by atoms with Crippen molar-refractivity contribution in [2.75, 3.05) is 18.6 Å². The number of pyridine rings is 1. The number of ketones is 1. The molecule has 0 fully saturated rings. The van der Waals surface area contributed by atoms with Gasteiger partial charge in [-0.1, -0.05) is 30.3 Å². The molecule has 172 valence electrons. The van der Waals surface area contributed by atoms with Crippen molar-refractivity contribution < 1.29 is 23.8 Å². The minimum absolute atomic E-state index is 0.0156. The van der Waals surface area contributed by atoms with E-state index in [1.54, 1.807) is 36.4 Å². The predicted molar refractivity (Wildman–Crippen MR) is 126 cm³/mol. The van der Waals surface area contributed by atoms with Crippen LogP contribution in [0.5, 0.6) is 11.7 Å². The van der Waals surface area contributed by atoms with Crippen molar-refractivity contribution in [1.29, 1.82) is 5.26 Å². The van der Waals surface area contributed by atoms with Crippen LogP contribution in [0.25, 0.3) is 27.0 Å². The Morgan fingerprint density at radius 3 is 2.54 bits per heavy atom. The summed E-state index contributed by atoms with van der Waals surface area (Å²) in [6, 6.07) is 17.7. The molecule has 0 atom stereocenters. The Kier molecular flexibility index (Phi) is 5.27. The summed E-state index contributed by atoms with van der Waals surface area (Å²) in [4.78, 5) is 18.3. The Balaban J connectivity index is 1.71. The third kappa shape index (κ3) is 3.49. The van der Waals surface area contributed by atoms with Gasteiger partial charge in [-0.3, -0.25) is 4.79 Å².